The van der Waals surface area contributed by atoms with Crippen molar-refractivity contribution in [3.8, 4) is 0 Å². The van der Waals surface area contributed by atoms with Crippen molar-refractivity contribution >= 4 is 0 Å². The molecule has 0 aliphatic heterocycles. The summed E-state index contributed by atoms with van der Waals surface area (Å²) < 4.78 is 5.59. The smallest absolute Gasteiger partial charge is 0.0594 e. The normalized spacial score (nSPS) is 13.8. The van der Waals surface area contributed by atoms with Crippen molar-refractivity contribution in [2.75, 3.05) is 26.2 Å². The van der Waals surface area contributed by atoms with Crippen LogP contribution in [0.25, 0.3) is 0 Å². The van der Waals surface area contributed by atoms with Gasteiger partial charge in [0.25, 0.3) is 0 Å². The molecular formula is C19H43N3O. The van der Waals surface area contributed by atoms with Crippen molar-refractivity contribution in [2.45, 2.75) is 97.9 Å². The van der Waals surface area contributed by atoms with Gasteiger partial charge in [0.1, 0.15) is 0 Å². The molecule has 0 fully saturated rings. The minimum Gasteiger partial charge on any atom is -0.377 e. The van der Waals surface area contributed by atoms with E-state index in [9.17, 15) is 0 Å². The number of ether oxygens (including phenoxy) is 1. The van der Waals surface area contributed by atoms with E-state index in [4.69, 9.17) is 4.74 Å². The molecule has 0 aliphatic carbocycles. The molecule has 140 valence electrons. The quantitative estimate of drug-likeness (QED) is 0.481. The predicted molar refractivity (Wildman–Crippen MR) is 102 cm³/mol. The first kappa shape index (κ1) is 22.8. The van der Waals surface area contributed by atoms with Gasteiger partial charge in [-0.1, -0.05) is 0 Å². The van der Waals surface area contributed by atoms with Gasteiger partial charge in [-0.2, -0.15) is 0 Å². The summed E-state index contributed by atoms with van der Waals surface area (Å²) in [5.74, 6) is 0. The van der Waals surface area contributed by atoms with Crippen LogP contribution in [-0.4, -0.2) is 49.0 Å². The van der Waals surface area contributed by atoms with E-state index in [1.807, 2.05) is 0 Å². The van der Waals surface area contributed by atoms with E-state index in [-0.39, 0.29) is 16.6 Å². The van der Waals surface area contributed by atoms with Crippen LogP contribution in [0.1, 0.15) is 75.2 Å². The lowest BCUT2D eigenvalue weighted by Crippen LogP contribution is -2.48. The first-order chi connectivity index (χ1) is 10.3. The third-order valence-corrected chi connectivity index (χ3v) is 3.92. The van der Waals surface area contributed by atoms with Crippen LogP contribution in [0.5, 0.6) is 0 Å². The molecule has 23 heavy (non-hydrogen) atoms. The summed E-state index contributed by atoms with van der Waals surface area (Å²) in [6.45, 7) is 23.6. The van der Waals surface area contributed by atoms with E-state index in [2.05, 4.69) is 78.3 Å². The molecule has 0 spiro atoms. The van der Waals surface area contributed by atoms with Crippen LogP contribution >= 0.6 is 0 Å². The van der Waals surface area contributed by atoms with Gasteiger partial charge >= 0.3 is 0 Å². The van der Waals surface area contributed by atoms with E-state index in [0.717, 1.165) is 39.1 Å². The van der Waals surface area contributed by atoms with Crippen LogP contribution < -0.4 is 16.0 Å². The molecule has 0 aromatic heterocycles. The van der Waals surface area contributed by atoms with Gasteiger partial charge in [0.2, 0.25) is 0 Å². The minimum atomic E-state index is 0.142. The first-order valence-corrected chi connectivity index (χ1v) is 9.20. The average Bonchev–Trinajstić information content (AvgIpc) is 2.37. The van der Waals surface area contributed by atoms with Crippen molar-refractivity contribution in [3.05, 3.63) is 0 Å². The molecule has 0 aliphatic rings. The van der Waals surface area contributed by atoms with Gasteiger partial charge in [-0.05, 0) is 75.2 Å². The lowest BCUT2D eigenvalue weighted by atomic mass is 9.89. The zero-order valence-corrected chi connectivity index (χ0v) is 17.2. The Balaban J connectivity index is 3.95. The fraction of sp³-hybridized carbons (Fsp3) is 1.00. The molecule has 0 amide bonds. The summed E-state index contributed by atoms with van der Waals surface area (Å²) in [7, 11) is 0. The number of hydrogen-bond acceptors (Lipinski definition) is 4. The van der Waals surface area contributed by atoms with Crippen LogP contribution in [0.4, 0.5) is 0 Å². The third kappa shape index (κ3) is 15.1. The number of nitrogens with one attached hydrogen (secondary N) is 3. The van der Waals surface area contributed by atoms with Crippen LogP contribution in [0.2, 0.25) is 0 Å². The van der Waals surface area contributed by atoms with Gasteiger partial charge in [-0.25, -0.2) is 0 Å². The highest BCUT2D eigenvalue weighted by molar-refractivity contribution is 4.85. The topological polar surface area (TPSA) is 45.3 Å². The highest BCUT2D eigenvalue weighted by Crippen LogP contribution is 2.19. The zero-order valence-electron chi connectivity index (χ0n) is 17.2. The maximum atomic E-state index is 5.59. The molecular weight excluding hydrogens is 286 g/mol. The van der Waals surface area contributed by atoms with Crippen molar-refractivity contribution in [1.82, 2.24) is 16.0 Å². The lowest BCUT2D eigenvalue weighted by molar-refractivity contribution is 0.0761. The van der Waals surface area contributed by atoms with Gasteiger partial charge in [0, 0.05) is 36.3 Å². The molecule has 0 bridgehead atoms. The maximum absolute atomic E-state index is 5.59. The second kappa shape index (κ2) is 9.97. The SMILES string of the molecule is CC(C)OCCNC(C)(C)CCC(C)(C)NCCNC(C)(C)C. The van der Waals surface area contributed by atoms with Crippen LogP contribution in [0.3, 0.4) is 0 Å². The summed E-state index contributed by atoms with van der Waals surface area (Å²) in [4.78, 5) is 0. The number of hydrogen-bond donors (Lipinski definition) is 3. The van der Waals surface area contributed by atoms with Crippen molar-refractivity contribution in [3.63, 3.8) is 0 Å². The second-order valence-corrected chi connectivity index (χ2v) is 9.22. The fourth-order valence-corrected chi connectivity index (χ4v) is 2.32. The Labute approximate surface area is 145 Å². The summed E-state index contributed by atoms with van der Waals surface area (Å²) in [6, 6.07) is 0. The molecule has 0 saturated heterocycles. The standard InChI is InChI=1S/C19H43N3O/c1-16(2)23-15-14-22-19(8,9)11-10-18(6,7)21-13-12-20-17(3,4)5/h16,20-22H,10-15H2,1-9H3. The molecule has 0 atom stereocenters. The van der Waals surface area contributed by atoms with Crippen LogP contribution in [0, 0.1) is 0 Å². The predicted octanol–water partition coefficient (Wildman–Crippen LogP) is 3.32. The molecule has 4 heteroatoms. The molecule has 0 aromatic rings. The van der Waals surface area contributed by atoms with E-state index in [1.54, 1.807) is 0 Å². The van der Waals surface area contributed by atoms with E-state index < -0.39 is 0 Å². The van der Waals surface area contributed by atoms with Crippen LogP contribution in [0.15, 0.2) is 0 Å². The first-order valence-electron chi connectivity index (χ1n) is 9.20. The van der Waals surface area contributed by atoms with E-state index in [1.165, 1.54) is 0 Å². The average molecular weight is 330 g/mol. The highest BCUT2D eigenvalue weighted by atomic mass is 16.5. The monoisotopic (exact) mass is 329 g/mol. The van der Waals surface area contributed by atoms with Gasteiger partial charge in [0.15, 0.2) is 0 Å². The Morgan fingerprint density at radius 2 is 1.13 bits per heavy atom. The largest absolute Gasteiger partial charge is 0.377 e. The van der Waals surface area contributed by atoms with Gasteiger partial charge in [0.05, 0.1) is 12.7 Å². The molecule has 0 rings (SSSR count). The molecule has 0 saturated carbocycles. The highest BCUT2D eigenvalue weighted by Gasteiger charge is 2.23. The van der Waals surface area contributed by atoms with Crippen molar-refractivity contribution < 1.29 is 4.74 Å². The maximum Gasteiger partial charge on any atom is 0.0594 e. The molecule has 0 aromatic carbocycles. The number of rotatable bonds is 12. The van der Waals surface area contributed by atoms with Crippen molar-refractivity contribution in [1.29, 1.82) is 0 Å². The Kier molecular flexibility index (Phi) is 9.90. The zero-order chi connectivity index (χ0) is 18.1. The minimum absolute atomic E-state index is 0.142. The molecule has 0 radical (unpaired) electrons. The van der Waals surface area contributed by atoms with Gasteiger partial charge < -0.3 is 20.7 Å². The van der Waals surface area contributed by atoms with E-state index >= 15 is 0 Å². The second-order valence-electron chi connectivity index (χ2n) is 9.22. The molecule has 3 N–H and O–H groups in total. The Bertz CT molecular complexity index is 306. The summed E-state index contributed by atoms with van der Waals surface area (Å²) in [5, 5.41) is 10.8. The third-order valence-electron chi connectivity index (χ3n) is 3.92. The summed E-state index contributed by atoms with van der Waals surface area (Å²) in [5.41, 5.74) is 0.492. The van der Waals surface area contributed by atoms with Gasteiger partial charge in [-0.15, -0.1) is 0 Å². The molecule has 0 heterocycles. The molecule has 4 nitrogen and oxygen atoms in total. The Morgan fingerprint density at radius 1 is 0.696 bits per heavy atom. The lowest BCUT2D eigenvalue weighted by Gasteiger charge is -2.33. The van der Waals surface area contributed by atoms with E-state index in [0.29, 0.717) is 6.10 Å². The summed E-state index contributed by atoms with van der Waals surface area (Å²) >= 11 is 0. The fourth-order valence-electron chi connectivity index (χ4n) is 2.32. The summed E-state index contributed by atoms with van der Waals surface area (Å²) in [6.07, 6.45) is 2.60. The van der Waals surface area contributed by atoms with Crippen LogP contribution in [-0.2, 0) is 4.74 Å². The Morgan fingerprint density at radius 3 is 1.57 bits per heavy atom. The van der Waals surface area contributed by atoms with Gasteiger partial charge in [-0.3, -0.25) is 0 Å². The molecule has 0 unspecified atom stereocenters. The van der Waals surface area contributed by atoms with Crippen molar-refractivity contribution in [2.24, 2.45) is 0 Å². The Hall–Kier alpha value is -0.160.